The molecular formula is C15H22ClNO. The minimum Gasteiger partial charge on any atom is -0.353 e. The molecule has 18 heavy (non-hydrogen) atoms. The van der Waals surface area contributed by atoms with Crippen LogP contribution in [-0.4, -0.2) is 17.3 Å². The lowest BCUT2D eigenvalue weighted by Gasteiger charge is -2.20. The van der Waals surface area contributed by atoms with Crippen molar-refractivity contribution in [2.75, 3.05) is 0 Å². The number of carbonyl (C=O) groups is 1. The normalized spacial score (nSPS) is 15.8. The second-order valence-electron chi connectivity index (χ2n) is 4.80. The Bertz CT molecular complexity index is 364. The van der Waals surface area contributed by atoms with Gasteiger partial charge in [-0.3, -0.25) is 4.79 Å². The van der Waals surface area contributed by atoms with E-state index in [0.29, 0.717) is 0 Å². The highest BCUT2D eigenvalue weighted by atomic mass is 35.5. The van der Waals surface area contributed by atoms with Gasteiger partial charge in [0.25, 0.3) is 0 Å². The van der Waals surface area contributed by atoms with Gasteiger partial charge in [0.1, 0.15) is 0 Å². The van der Waals surface area contributed by atoms with Crippen LogP contribution in [0.1, 0.15) is 45.1 Å². The average molecular weight is 268 g/mol. The molecule has 2 nitrogen and oxygen atoms in total. The molecule has 0 aromatic heterocycles. The van der Waals surface area contributed by atoms with Gasteiger partial charge < -0.3 is 5.32 Å². The highest BCUT2D eigenvalue weighted by molar-refractivity contribution is 6.20. The maximum absolute atomic E-state index is 12.2. The van der Waals surface area contributed by atoms with Crippen molar-refractivity contribution in [3.63, 3.8) is 0 Å². The molecule has 0 aliphatic heterocycles. The molecule has 3 unspecified atom stereocenters. The SMILES string of the molecule is CCC(C(=O)NC(C)CC(C)Cl)c1ccccc1. The fraction of sp³-hybridized carbons (Fsp3) is 0.533. The summed E-state index contributed by atoms with van der Waals surface area (Å²) in [6.07, 6.45) is 1.59. The van der Waals surface area contributed by atoms with Crippen molar-refractivity contribution >= 4 is 17.5 Å². The van der Waals surface area contributed by atoms with E-state index in [0.717, 1.165) is 18.4 Å². The summed E-state index contributed by atoms with van der Waals surface area (Å²) in [7, 11) is 0. The fourth-order valence-corrected chi connectivity index (χ4v) is 2.41. The third-order valence-electron chi connectivity index (χ3n) is 2.99. The number of nitrogens with one attached hydrogen (secondary N) is 1. The third-order valence-corrected chi connectivity index (χ3v) is 3.17. The number of alkyl halides is 1. The zero-order chi connectivity index (χ0) is 13.5. The smallest absolute Gasteiger partial charge is 0.227 e. The molecule has 1 aromatic rings. The van der Waals surface area contributed by atoms with Crippen molar-refractivity contribution in [1.82, 2.24) is 5.32 Å². The van der Waals surface area contributed by atoms with Gasteiger partial charge in [-0.1, -0.05) is 37.3 Å². The maximum Gasteiger partial charge on any atom is 0.227 e. The molecule has 100 valence electrons. The molecule has 1 rings (SSSR count). The van der Waals surface area contributed by atoms with Crippen molar-refractivity contribution in [3.05, 3.63) is 35.9 Å². The standard InChI is InChI=1S/C15H22ClNO/c1-4-14(13-8-6-5-7-9-13)15(18)17-12(3)10-11(2)16/h5-9,11-12,14H,4,10H2,1-3H3,(H,17,18). The van der Waals surface area contributed by atoms with Crippen LogP contribution < -0.4 is 5.32 Å². The zero-order valence-corrected chi connectivity index (χ0v) is 12.1. The van der Waals surface area contributed by atoms with Crippen LogP contribution in [0.25, 0.3) is 0 Å². The summed E-state index contributed by atoms with van der Waals surface area (Å²) in [4.78, 5) is 12.2. The summed E-state index contributed by atoms with van der Waals surface area (Å²) in [6, 6.07) is 10.0. The number of hydrogen-bond donors (Lipinski definition) is 1. The van der Waals surface area contributed by atoms with Crippen molar-refractivity contribution in [2.24, 2.45) is 0 Å². The topological polar surface area (TPSA) is 29.1 Å². The number of halogens is 1. The predicted molar refractivity (Wildman–Crippen MR) is 77.0 cm³/mol. The second-order valence-corrected chi connectivity index (χ2v) is 5.54. The van der Waals surface area contributed by atoms with Crippen molar-refractivity contribution in [3.8, 4) is 0 Å². The molecule has 1 aromatic carbocycles. The van der Waals surface area contributed by atoms with Gasteiger partial charge in [-0.25, -0.2) is 0 Å². The van der Waals surface area contributed by atoms with Crippen LogP contribution in [0, 0.1) is 0 Å². The molecule has 3 heteroatoms. The number of benzene rings is 1. The van der Waals surface area contributed by atoms with Crippen molar-refractivity contribution in [1.29, 1.82) is 0 Å². The third kappa shape index (κ3) is 4.69. The lowest BCUT2D eigenvalue weighted by atomic mass is 9.95. The molecule has 1 N–H and O–H groups in total. The molecule has 0 saturated heterocycles. The van der Waals surface area contributed by atoms with Crippen molar-refractivity contribution in [2.45, 2.75) is 50.9 Å². The van der Waals surface area contributed by atoms with E-state index in [-0.39, 0.29) is 23.2 Å². The summed E-state index contributed by atoms with van der Waals surface area (Å²) in [5, 5.41) is 3.12. The van der Waals surface area contributed by atoms with Gasteiger partial charge >= 0.3 is 0 Å². The molecule has 0 fully saturated rings. The molecule has 1 amide bonds. The van der Waals surface area contributed by atoms with E-state index in [2.05, 4.69) is 5.32 Å². The largest absolute Gasteiger partial charge is 0.353 e. The van der Waals surface area contributed by atoms with E-state index in [1.807, 2.05) is 51.1 Å². The fourth-order valence-electron chi connectivity index (χ4n) is 2.15. The van der Waals surface area contributed by atoms with Gasteiger partial charge in [0.05, 0.1) is 5.92 Å². The van der Waals surface area contributed by atoms with E-state index >= 15 is 0 Å². The Morgan fingerprint density at radius 1 is 1.28 bits per heavy atom. The summed E-state index contributed by atoms with van der Waals surface area (Å²) >= 11 is 5.94. The van der Waals surface area contributed by atoms with E-state index in [4.69, 9.17) is 11.6 Å². The van der Waals surface area contributed by atoms with E-state index in [9.17, 15) is 4.79 Å². The predicted octanol–water partition coefficient (Wildman–Crippen LogP) is 3.70. The first-order valence-electron chi connectivity index (χ1n) is 6.54. The lowest BCUT2D eigenvalue weighted by molar-refractivity contribution is -0.123. The van der Waals surface area contributed by atoms with Crippen LogP contribution in [0.4, 0.5) is 0 Å². The van der Waals surface area contributed by atoms with Crippen LogP contribution in [0.15, 0.2) is 30.3 Å². The van der Waals surface area contributed by atoms with Crippen LogP contribution in [-0.2, 0) is 4.79 Å². The Hall–Kier alpha value is -1.02. The molecule has 3 atom stereocenters. The van der Waals surface area contributed by atoms with E-state index in [1.54, 1.807) is 0 Å². The summed E-state index contributed by atoms with van der Waals surface area (Å²) in [5.41, 5.74) is 1.07. The number of carbonyl (C=O) groups excluding carboxylic acids is 1. The highest BCUT2D eigenvalue weighted by Crippen LogP contribution is 2.19. The monoisotopic (exact) mass is 267 g/mol. The summed E-state index contributed by atoms with van der Waals surface area (Å²) in [5.74, 6) is 0.0211. The van der Waals surface area contributed by atoms with Gasteiger partial charge in [-0.2, -0.15) is 0 Å². The Morgan fingerprint density at radius 2 is 1.89 bits per heavy atom. The number of amides is 1. The Labute approximate surface area is 115 Å². The highest BCUT2D eigenvalue weighted by Gasteiger charge is 2.20. The molecule has 0 heterocycles. The second kappa shape index (κ2) is 7.42. The van der Waals surface area contributed by atoms with E-state index < -0.39 is 0 Å². The molecule has 0 bridgehead atoms. The van der Waals surface area contributed by atoms with E-state index in [1.165, 1.54) is 0 Å². The molecule has 0 aliphatic rings. The van der Waals surface area contributed by atoms with Crippen LogP contribution in [0.3, 0.4) is 0 Å². The van der Waals surface area contributed by atoms with Gasteiger partial charge in [0.2, 0.25) is 5.91 Å². The van der Waals surface area contributed by atoms with Gasteiger partial charge in [-0.15, -0.1) is 11.6 Å². The van der Waals surface area contributed by atoms with Gasteiger partial charge in [0.15, 0.2) is 0 Å². The molecule has 0 radical (unpaired) electrons. The minimum atomic E-state index is -0.0701. The first-order chi connectivity index (χ1) is 8.54. The first kappa shape index (κ1) is 15.0. The van der Waals surface area contributed by atoms with Crippen LogP contribution >= 0.6 is 11.6 Å². The van der Waals surface area contributed by atoms with Gasteiger partial charge in [0, 0.05) is 11.4 Å². The number of rotatable bonds is 6. The summed E-state index contributed by atoms with van der Waals surface area (Å²) < 4.78 is 0. The Balaban J connectivity index is 2.63. The number of hydrogen-bond acceptors (Lipinski definition) is 1. The molecule has 0 saturated carbocycles. The average Bonchev–Trinajstić information content (AvgIpc) is 2.29. The lowest BCUT2D eigenvalue weighted by Crippen LogP contribution is -2.37. The molecule has 0 aliphatic carbocycles. The summed E-state index contributed by atoms with van der Waals surface area (Å²) in [6.45, 7) is 5.97. The van der Waals surface area contributed by atoms with Crippen LogP contribution in [0.5, 0.6) is 0 Å². The van der Waals surface area contributed by atoms with Crippen LogP contribution in [0.2, 0.25) is 0 Å². The Morgan fingerprint density at radius 3 is 2.39 bits per heavy atom. The minimum absolute atomic E-state index is 0.0701. The molecule has 0 spiro atoms. The zero-order valence-electron chi connectivity index (χ0n) is 11.3. The quantitative estimate of drug-likeness (QED) is 0.783. The van der Waals surface area contributed by atoms with Crippen molar-refractivity contribution < 1.29 is 4.79 Å². The first-order valence-corrected chi connectivity index (χ1v) is 6.97. The Kier molecular flexibility index (Phi) is 6.20. The maximum atomic E-state index is 12.2. The van der Waals surface area contributed by atoms with Gasteiger partial charge in [-0.05, 0) is 32.3 Å². The molecular weight excluding hydrogens is 246 g/mol.